The summed E-state index contributed by atoms with van der Waals surface area (Å²) < 4.78 is 23.9. The van der Waals surface area contributed by atoms with E-state index in [4.69, 9.17) is 9.26 Å². The molecule has 0 unspecified atom stereocenters. The van der Waals surface area contributed by atoms with E-state index in [1.165, 1.54) is 12.1 Å². The smallest absolute Gasteiger partial charge is 0.410 e. The predicted octanol–water partition coefficient (Wildman–Crippen LogP) is 4.60. The summed E-state index contributed by atoms with van der Waals surface area (Å²) in [6.07, 6.45) is 1.34. The fraction of sp³-hybridized carbons (Fsp3) is 0.474. The first kappa shape index (κ1) is 17.5. The van der Waals surface area contributed by atoms with Gasteiger partial charge in [-0.3, -0.25) is 0 Å². The van der Waals surface area contributed by atoms with Gasteiger partial charge in [-0.1, -0.05) is 5.16 Å². The van der Waals surface area contributed by atoms with Gasteiger partial charge in [-0.05, 0) is 57.9 Å². The van der Waals surface area contributed by atoms with E-state index in [0.717, 1.165) is 24.2 Å². The van der Waals surface area contributed by atoms with Crippen molar-refractivity contribution in [2.24, 2.45) is 0 Å². The van der Waals surface area contributed by atoms with Crippen LogP contribution in [0.3, 0.4) is 0 Å². The van der Waals surface area contributed by atoms with Gasteiger partial charge in [-0.2, -0.15) is 0 Å². The van der Waals surface area contributed by atoms with Crippen molar-refractivity contribution in [3.05, 3.63) is 41.9 Å². The van der Waals surface area contributed by atoms with Gasteiger partial charge in [0.15, 0.2) is 0 Å². The molecule has 0 saturated carbocycles. The number of piperidine rings is 1. The monoisotopic (exact) mass is 346 g/mol. The summed E-state index contributed by atoms with van der Waals surface area (Å²) in [7, 11) is 0. The van der Waals surface area contributed by atoms with Crippen LogP contribution in [0.2, 0.25) is 0 Å². The molecule has 0 radical (unpaired) electrons. The van der Waals surface area contributed by atoms with Crippen molar-refractivity contribution in [2.75, 3.05) is 13.1 Å². The molecule has 1 amide bonds. The Bertz CT molecular complexity index is 726. The average Bonchev–Trinajstić information content (AvgIpc) is 3.04. The van der Waals surface area contributed by atoms with Gasteiger partial charge in [0.2, 0.25) is 0 Å². The number of hydrogen-bond donors (Lipinski definition) is 0. The summed E-state index contributed by atoms with van der Waals surface area (Å²) in [5, 5.41) is 4.09. The summed E-state index contributed by atoms with van der Waals surface area (Å²) in [5.74, 6) is 0.755. The van der Waals surface area contributed by atoms with Crippen LogP contribution in [-0.2, 0) is 4.74 Å². The lowest BCUT2D eigenvalue weighted by Crippen LogP contribution is -2.41. The Hall–Kier alpha value is -2.37. The number of carbonyl (C=O) groups is 1. The quantitative estimate of drug-likeness (QED) is 0.798. The van der Waals surface area contributed by atoms with Gasteiger partial charge >= 0.3 is 6.09 Å². The summed E-state index contributed by atoms with van der Waals surface area (Å²) in [4.78, 5) is 13.8. The Morgan fingerprint density at radius 1 is 1.24 bits per heavy atom. The highest BCUT2D eigenvalue weighted by Crippen LogP contribution is 2.31. The van der Waals surface area contributed by atoms with E-state index in [2.05, 4.69) is 5.16 Å². The van der Waals surface area contributed by atoms with Crippen LogP contribution in [0, 0.1) is 5.82 Å². The van der Waals surface area contributed by atoms with E-state index in [1.54, 1.807) is 17.0 Å². The maximum Gasteiger partial charge on any atom is 0.410 e. The maximum atomic E-state index is 13.0. The molecule has 2 aromatic rings. The van der Waals surface area contributed by atoms with Crippen LogP contribution in [0.15, 0.2) is 34.9 Å². The Morgan fingerprint density at radius 3 is 2.48 bits per heavy atom. The highest BCUT2D eigenvalue weighted by atomic mass is 19.1. The maximum absolute atomic E-state index is 13.0. The molecule has 1 aliphatic rings. The van der Waals surface area contributed by atoms with E-state index in [9.17, 15) is 9.18 Å². The highest BCUT2D eigenvalue weighted by molar-refractivity contribution is 5.68. The molecule has 0 bridgehead atoms. The van der Waals surface area contributed by atoms with Gasteiger partial charge in [0.05, 0.1) is 0 Å². The van der Waals surface area contributed by atoms with Crippen LogP contribution in [0.1, 0.15) is 45.3 Å². The summed E-state index contributed by atoms with van der Waals surface area (Å²) in [6, 6.07) is 8.08. The molecule has 0 N–H and O–H groups in total. The van der Waals surface area contributed by atoms with Crippen molar-refractivity contribution in [1.82, 2.24) is 10.1 Å². The second-order valence-corrected chi connectivity index (χ2v) is 7.36. The fourth-order valence-corrected chi connectivity index (χ4v) is 2.91. The van der Waals surface area contributed by atoms with Crippen LogP contribution >= 0.6 is 0 Å². The van der Waals surface area contributed by atoms with Crippen molar-refractivity contribution < 1.29 is 18.4 Å². The summed E-state index contributed by atoms with van der Waals surface area (Å²) >= 11 is 0. The first-order valence-electron chi connectivity index (χ1n) is 8.52. The zero-order valence-electron chi connectivity index (χ0n) is 14.8. The average molecular weight is 346 g/mol. The number of hydrogen-bond acceptors (Lipinski definition) is 4. The fourth-order valence-electron chi connectivity index (χ4n) is 2.91. The molecule has 25 heavy (non-hydrogen) atoms. The van der Waals surface area contributed by atoms with E-state index >= 15 is 0 Å². The number of carbonyl (C=O) groups excluding carboxylic acids is 1. The molecule has 1 aromatic heterocycles. The summed E-state index contributed by atoms with van der Waals surface area (Å²) in [5.41, 5.74) is 1.04. The second kappa shape index (κ2) is 6.86. The number of amides is 1. The molecular formula is C19H23FN2O3. The van der Waals surface area contributed by atoms with Gasteiger partial charge in [-0.25, -0.2) is 9.18 Å². The third-order valence-electron chi connectivity index (χ3n) is 4.22. The topological polar surface area (TPSA) is 55.6 Å². The highest BCUT2D eigenvalue weighted by Gasteiger charge is 2.29. The molecule has 0 aliphatic carbocycles. The van der Waals surface area contributed by atoms with Crippen molar-refractivity contribution in [3.63, 3.8) is 0 Å². The van der Waals surface area contributed by atoms with E-state index in [-0.39, 0.29) is 17.8 Å². The second-order valence-electron chi connectivity index (χ2n) is 7.36. The number of ether oxygens (including phenoxy) is 1. The SMILES string of the molecule is CC(C)(C)OC(=O)N1CCC(c2cc(-c3ccc(F)cc3)no2)CC1. The molecule has 5 nitrogen and oxygen atoms in total. The van der Waals surface area contributed by atoms with E-state index in [0.29, 0.717) is 18.8 Å². The molecule has 1 saturated heterocycles. The van der Waals surface area contributed by atoms with Gasteiger partial charge in [-0.15, -0.1) is 0 Å². The number of rotatable bonds is 2. The van der Waals surface area contributed by atoms with Crippen LogP contribution < -0.4 is 0 Å². The van der Waals surface area contributed by atoms with Crippen molar-refractivity contribution in [3.8, 4) is 11.3 Å². The lowest BCUT2D eigenvalue weighted by atomic mass is 9.94. The molecule has 2 heterocycles. The van der Waals surface area contributed by atoms with Crippen LogP contribution in [-0.4, -0.2) is 34.8 Å². The van der Waals surface area contributed by atoms with Crippen molar-refractivity contribution >= 4 is 6.09 Å². The van der Waals surface area contributed by atoms with Gasteiger partial charge in [0.1, 0.15) is 22.9 Å². The third kappa shape index (κ3) is 4.38. The third-order valence-corrected chi connectivity index (χ3v) is 4.22. The number of halogens is 1. The van der Waals surface area contributed by atoms with Crippen LogP contribution in [0.25, 0.3) is 11.3 Å². The lowest BCUT2D eigenvalue weighted by molar-refractivity contribution is 0.0199. The van der Waals surface area contributed by atoms with E-state index < -0.39 is 5.60 Å². The molecule has 1 aromatic carbocycles. The zero-order chi connectivity index (χ0) is 18.0. The van der Waals surface area contributed by atoms with Crippen LogP contribution in [0.4, 0.5) is 9.18 Å². The Labute approximate surface area is 146 Å². The predicted molar refractivity (Wildman–Crippen MR) is 91.7 cm³/mol. The molecule has 0 spiro atoms. The molecular weight excluding hydrogens is 323 g/mol. The van der Waals surface area contributed by atoms with Gasteiger partial charge < -0.3 is 14.2 Å². The largest absolute Gasteiger partial charge is 0.444 e. The minimum absolute atomic E-state index is 0.223. The van der Waals surface area contributed by atoms with E-state index in [1.807, 2.05) is 26.8 Å². The van der Waals surface area contributed by atoms with Gasteiger partial charge in [0, 0.05) is 30.6 Å². The lowest BCUT2D eigenvalue weighted by Gasteiger charge is -2.32. The van der Waals surface area contributed by atoms with Crippen molar-refractivity contribution in [2.45, 2.75) is 45.1 Å². The Balaban J connectivity index is 1.60. The van der Waals surface area contributed by atoms with Gasteiger partial charge in [0.25, 0.3) is 0 Å². The normalized spacial score (nSPS) is 16.1. The molecule has 1 aliphatic heterocycles. The first-order valence-corrected chi connectivity index (χ1v) is 8.52. The van der Waals surface area contributed by atoms with Crippen molar-refractivity contribution in [1.29, 1.82) is 0 Å². The molecule has 0 atom stereocenters. The number of likely N-dealkylation sites (tertiary alicyclic amines) is 1. The molecule has 6 heteroatoms. The Kier molecular flexibility index (Phi) is 4.79. The molecule has 1 fully saturated rings. The number of nitrogens with zero attached hydrogens (tertiary/aromatic N) is 2. The minimum atomic E-state index is -0.483. The standard InChI is InChI=1S/C19H23FN2O3/c1-19(2,3)24-18(23)22-10-8-14(9-11-22)17-12-16(21-25-17)13-4-6-15(20)7-5-13/h4-7,12,14H,8-11H2,1-3H3. The number of aromatic nitrogens is 1. The van der Waals surface area contributed by atoms with Crippen LogP contribution in [0.5, 0.6) is 0 Å². The molecule has 3 rings (SSSR count). The first-order chi connectivity index (χ1) is 11.8. The molecule has 134 valence electrons. The zero-order valence-corrected chi connectivity index (χ0v) is 14.8. The number of benzene rings is 1. The summed E-state index contributed by atoms with van der Waals surface area (Å²) in [6.45, 7) is 6.85. The Morgan fingerprint density at radius 2 is 1.88 bits per heavy atom. The minimum Gasteiger partial charge on any atom is -0.444 e.